The van der Waals surface area contributed by atoms with Gasteiger partial charge in [0.25, 0.3) is 0 Å². The predicted octanol–water partition coefficient (Wildman–Crippen LogP) is 11.1. The van der Waals surface area contributed by atoms with E-state index in [4.69, 9.17) is 4.98 Å². The number of pyridine rings is 1. The van der Waals surface area contributed by atoms with Crippen molar-refractivity contribution in [1.29, 1.82) is 0 Å². The predicted molar refractivity (Wildman–Crippen MR) is 261 cm³/mol. The Kier molecular flexibility index (Phi) is 11.4. The molecule has 0 spiro atoms. The van der Waals surface area contributed by atoms with Crippen molar-refractivity contribution >= 4 is 62.0 Å². The zero-order valence-corrected chi connectivity index (χ0v) is 40.5. The molecule has 0 radical (unpaired) electrons. The van der Waals surface area contributed by atoms with Crippen LogP contribution in [0, 0.1) is 24.2 Å². The summed E-state index contributed by atoms with van der Waals surface area (Å²) in [5.74, 6) is 0.876. The van der Waals surface area contributed by atoms with Crippen LogP contribution in [0.15, 0.2) is 170 Å². The molecule has 6 aromatic carbocycles. The monoisotopic (exact) mass is 1010 g/mol. The van der Waals surface area contributed by atoms with Gasteiger partial charge in [0, 0.05) is 49.6 Å². The summed E-state index contributed by atoms with van der Waals surface area (Å²) in [6, 6.07) is 63.7. The molecule has 0 bridgehead atoms. The molecular weight excluding hydrogens is 952 g/mol. The van der Waals surface area contributed by atoms with E-state index in [9.17, 15) is 0 Å². The first kappa shape index (κ1) is 43.2. The van der Waals surface area contributed by atoms with Crippen LogP contribution in [-0.4, -0.2) is 17.6 Å². The molecule has 9 rings (SSSR count). The standard InChI is InChI=1S/C56H55N4Si.Pt/c1-54(2,3)40-33-41(55(4,5)6)35-43(34-40)58-38-52(56(7,8)9)59(39-58)42-21-20-26-46(36-42)61(44-22-12-10-13-23-44,45-24-14-11-15-25-45)47-30-31-49-48-27-16-17-28-50(48)60(51(49)37-47)53-29-18-19-32-57-53;/h10-35,38-39H,1-9H3;/q-3;. The van der Waals surface area contributed by atoms with Crippen molar-refractivity contribution in [3.05, 3.63) is 200 Å². The Labute approximate surface area is 384 Å². The molecule has 0 saturated carbocycles. The Morgan fingerprint density at radius 3 is 1.74 bits per heavy atom. The number of hydrogen-bond acceptors (Lipinski definition) is 3. The van der Waals surface area contributed by atoms with Gasteiger partial charge in [0.15, 0.2) is 0 Å². The van der Waals surface area contributed by atoms with E-state index in [-0.39, 0.29) is 37.3 Å². The minimum atomic E-state index is -3.10. The fraction of sp³-hybridized carbons (Fsp3) is 0.214. The van der Waals surface area contributed by atoms with Gasteiger partial charge in [-0.15, -0.1) is 17.7 Å². The quantitative estimate of drug-likeness (QED) is 0.0903. The summed E-state index contributed by atoms with van der Waals surface area (Å²) in [4.78, 5) is 9.55. The first-order chi connectivity index (χ1) is 29.1. The van der Waals surface area contributed by atoms with Gasteiger partial charge in [-0.25, -0.2) is 4.98 Å². The summed E-state index contributed by atoms with van der Waals surface area (Å²) in [6.07, 6.45) is 4.20. The minimum Gasteiger partial charge on any atom is -0.497 e. The van der Waals surface area contributed by atoms with E-state index >= 15 is 0 Å². The summed E-state index contributed by atoms with van der Waals surface area (Å²) in [6.45, 7) is 23.0. The van der Waals surface area contributed by atoms with Gasteiger partial charge in [-0.05, 0) is 74.2 Å². The molecule has 1 aliphatic heterocycles. The molecule has 0 aliphatic carbocycles. The van der Waals surface area contributed by atoms with Crippen LogP contribution >= 0.6 is 0 Å². The van der Waals surface area contributed by atoms with E-state index in [1.807, 2.05) is 12.3 Å². The summed E-state index contributed by atoms with van der Waals surface area (Å²) >= 11 is 0. The fourth-order valence-electron chi connectivity index (χ4n) is 8.89. The third-order valence-electron chi connectivity index (χ3n) is 12.2. The van der Waals surface area contributed by atoms with Crippen LogP contribution in [0.2, 0.25) is 0 Å². The molecule has 0 saturated heterocycles. The molecule has 316 valence electrons. The second kappa shape index (κ2) is 16.3. The number of aromatic nitrogens is 2. The van der Waals surface area contributed by atoms with Crippen LogP contribution < -0.4 is 30.5 Å². The Hall–Kier alpha value is -5.48. The SMILES string of the molecule is CC(C)(C)C1=CN(c2cc(C(C)(C)C)cc(C(C)(C)C)c2)[CH-]N1c1[c-]c([Si](c2[c-]c3c(cc2)c2ccccc2n3-c2ccccn2)(c2ccccc2)c2ccccc2)ccc1.[Pt]. The zero-order chi connectivity index (χ0) is 42.7. The topological polar surface area (TPSA) is 24.3 Å². The zero-order valence-electron chi connectivity index (χ0n) is 37.3. The van der Waals surface area contributed by atoms with Gasteiger partial charge in [0.1, 0.15) is 13.9 Å². The van der Waals surface area contributed by atoms with Crippen LogP contribution in [-0.2, 0) is 31.9 Å². The number of benzene rings is 6. The van der Waals surface area contributed by atoms with Gasteiger partial charge < -0.3 is 14.4 Å². The molecule has 6 heteroatoms. The Morgan fingerprint density at radius 2 is 1.15 bits per heavy atom. The average Bonchev–Trinajstić information content (AvgIpc) is 3.86. The van der Waals surface area contributed by atoms with Crippen LogP contribution in [0.25, 0.3) is 27.6 Å². The van der Waals surface area contributed by atoms with Crippen LogP contribution in [0.1, 0.15) is 73.4 Å². The Balaban J connectivity index is 0.00000529. The van der Waals surface area contributed by atoms with Gasteiger partial charge in [-0.1, -0.05) is 159 Å². The van der Waals surface area contributed by atoms with Crippen molar-refractivity contribution < 1.29 is 21.1 Å². The Bertz CT molecular complexity index is 2830. The molecule has 1 aliphatic rings. The molecule has 8 aromatic rings. The van der Waals surface area contributed by atoms with E-state index in [0.717, 1.165) is 33.1 Å². The number of hydrogen-bond donors (Lipinski definition) is 0. The van der Waals surface area contributed by atoms with Gasteiger partial charge >= 0.3 is 0 Å². The number of rotatable bonds is 7. The molecule has 0 N–H and O–H groups in total. The van der Waals surface area contributed by atoms with Crippen molar-refractivity contribution in [1.82, 2.24) is 9.55 Å². The van der Waals surface area contributed by atoms with E-state index in [2.05, 4.69) is 247 Å². The molecule has 2 aromatic heterocycles. The third kappa shape index (κ3) is 7.69. The molecule has 0 atom stereocenters. The second-order valence-corrected chi connectivity index (χ2v) is 23.3. The van der Waals surface area contributed by atoms with Crippen molar-refractivity contribution in [2.24, 2.45) is 5.41 Å². The molecule has 4 nitrogen and oxygen atoms in total. The summed E-state index contributed by atoms with van der Waals surface area (Å²) in [5.41, 5.74) is 8.03. The average molecular weight is 1010 g/mol. The molecule has 62 heavy (non-hydrogen) atoms. The van der Waals surface area contributed by atoms with Crippen molar-refractivity contribution in [3.63, 3.8) is 0 Å². The molecule has 0 amide bonds. The number of nitrogens with zero attached hydrogens (tertiary/aromatic N) is 4. The fourth-order valence-corrected chi connectivity index (χ4v) is 13.4. The number of fused-ring (bicyclic) bond motifs is 3. The van der Waals surface area contributed by atoms with E-state index in [1.165, 1.54) is 43.5 Å². The smallest absolute Gasteiger partial charge is 0.135 e. The van der Waals surface area contributed by atoms with Gasteiger partial charge in [-0.3, -0.25) is 0 Å². The maximum atomic E-state index is 4.86. The summed E-state index contributed by atoms with van der Waals surface area (Å²) in [7, 11) is -3.10. The minimum absolute atomic E-state index is 0. The Morgan fingerprint density at radius 1 is 0.548 bits per heavy atom. The third-order valence-corrected chi connectivity index (χ3v) is 16.8. The second-order valence-electron chi connectivity index (χ2n) is 19.5. The maximum absolute atomic E-state index is 4.86. The number of allylic oxidation sites excluding steroid dienone is 1. The van der Waals surface area contributed by atoms with Crippen LogP contribution in [0.3, 0.4) is 0 Å². The summed E-state index contributed by atoms with van der Waals surface area (Å²) < 4.78 is 2.28. The first-order valence-corrected chi connectivity index (χ1v) is 23.5. The van der Waals surface area contributed by atoms with Crippen molar-refractivity contribution in [2.45, 2.75) is 73.1 Å². The van der Waals surface area contributed by atoms with Crippen LogP contribution in [0.5, 0.6) is 0 Å². The van der Waals surface area contributed by atoms with Gasteiger partial charge in [0.2, 0.25) is 0 Å². The van der Waals surface area contributed by atoms with Gasteiger partial charge in [0.05, 0.1) is 0 Å². The van der Waals surface area contributed by atoms with Crippen molar-refractivity contribution in [2.75, 3.05) is 9.80 Å². The largest absolute Gasteiger partial charge is 0.497 e. The van der Waals surface area contributed by atoms with E-state index < -0.39 is 8.07 Å². The maximum Gasteiger partial charge on any atom is 0.135 e. The molecular formula is C56H55N4PtSi-3. The van der Waals surface area contributed by atoms with Gasteiger partial charge in [-0.2, -0.15) is 52.8 Å². The van der Waals surface area contributed by atoms with Crippen LogP contribution in [0.4, 0.5) is 11.4 Å². The molecule has 0 fully saturated rings. The molecule has 3 heterocycles. The number of para-hydroxylation sites is 1. The van der Waals surface area contributed by atoms with E-state index in [0.29, 0.717) is 0 Å². The number of anilines is 2. The first-order valence-electron chi connectivity index (χ1n) is 21.5. The summed E-state index contributed by atoms with van der Waals surface area (Å²) in [5, 5.41) is 7.23. The normalized spacial score (nSPS) is 13.7. The van der Waals surface area contributed by atoms with Crippen molar-refractivity contribution in [3.8, 4) is 5.82 Å². The van der Waals surface area contributed by atoms with E-state index in [1.54, 1.807) is 0 Å². The molecule has 0 unspecified atom stereocenters.